The van der Waals surface area contributed by atoms with Crippen molar-refractivity contribution in [3.8, 4) is 11.5 Å². The highest BCUT2D eigenvalue weighted by Gasteiger charge is 2.33. The van der Waals surface area contributed by atoms with Crippen molar-refractivity contribution < 1.29 is 22.7 Å². The van der Waals surface area contributed by atoms with Crippen LogP contribution in [0, 0.1) is 0 Å². The molecule has 0 bridgehead atoms. The molecule has 11 heteroatoms. The summed E-state index contributed by atoms with van der Waals surface area (Å²) in [5, 5.41) is 0.868. The number of ether oxygens (including phenoxy) is 2. The maximum atomic E-state index is 13.3. The number of fused-ring (bicyclic) bond motifs is 1. The first-order valence-corrected chi connectivity index (χ1v) is 15.3. The number of aromatic nitrogens is 1. The molecular weight excluding hydrogens is 524 g/mol. The predicted molar refractivity (Wildman–Crippen MR) is 149 cm³/mol. The van der Waals surface area contributed by atoms with Crippen LogP contribution >= 0.6 is 11.3 Å². The first-order chi connectivity index (χ1) is 18.4. The van der Waals surface area contributed by atoms with Crippen molar-refractivity contribution in [3.05, 3.63) is 42.0 Å². The number of nitrogens with zero attached hydrogens (tertiary/aromatic N) is 4. The van der Waals surface area contributed by atoms with Gasteiger partial charge in [0.1, 0.15) is 21.7 Å². The second-order valence-corrected chi connectivity index (χ2v) is 12.5. The zero-order valence-corrected chi connectivity index (χ0v) is 23.7. The molecule has 3 aromatic rings. The minimum atomic E-state index is -3.57. The highest BCUT2D eigenvalue weighted by molar-refractivity contribution is 7.89. The summed E-state index contributed by atoms with van der Waals surface area (Å²) in [7, 11) is -0.303. The van der Waals surface area contributed by atoms with Crippen molar-refractivity contribution >= 4 is 42.6 Å². The predicted octanol–water partition coefficient (Wildman–Crippen LogP) is 4.23. The van der Waals surface area contributed by atoms with Crippen molar-refractivity contribution in [2.24, 2.45) is 0 Å². The molecule has 2 aromatic carbocycles. The Morgan fingerprint density at radius 2 is 1.66 bits per heavy atom. The normalized spacial score (nSPS) is 19.1. The fraction of sp³-hybridized carbons (Fsp3) is 0.481. The van der Waals surface area contributed by atoms with E-state index in [4.69, 9.17) is 14.5 Å². The van der Waals surface area contributed by atoms with Crippen LogP contribution in [0.4, 0.5) is 5.13 Å². The average Bonchev–Trinajstić information content (AvgIpc) is 3.42. The SMILES string of the molecule is CCC1CCCCN1S(=O)(=O)c1ccc(C(=O)N2CCN(c3nc4c(OC)ccc(OC)c4s3)CC2)cc1. The highest BCUT2D eigenvalue weighted by Crippen LogP contribution is 2.40. The fourth-order valence-electron chi connectivity index (χ4n) is 5.30. The van der Waals surface area contributed by atoms with E-state index in [1.54, 1.807) is 54.1 Å². The van der Waals surface area contributed by atoms with E-state index < -0.39 is 10.0 Å². The van der Waals surface area contributed by atoms with E-state index in [9.17, 15) is 13.2 Å². The van der Waals surface area contributed by atoms with Crippen LogP contribution in [0.3, 0.4) is 0 Å². The van der Waals surface area contributed by atoms with Gasteiger partial charge < -0.3 is 19.3 Å². The van der Waals surface area contributed by atoms with Gasteiger partial charge >= 0.3 is 0 Å². The molecule has 0 spiro atoms. The Hall–Kier alpha value is -2.89. The maximum Gasteiger partial charge on any atom is 0.253 e. The van der Waals surface area contributed by atoms with Gasteiger partial charge in [0, 0.05) is 44.3 Å². The van der Waals surface area contributed by atoms with Crippen LogP contribution in [0.5, 0.6) is 11.5 Å². The number of rotatable bonds is 7. The van der Waals surface area contributed by atoms with Crippen LogP contribution in [-0.4, -0.2) is 81.5 Å². The van der Waals surface area contributed by atoms with Gasteiger partial charge in [-0.3, -0.25) is 4.79 Å². The van der Waals surface area contributed by atoms with Crippen molar-refractivity contribution in [1.82, 2.24) is 14.2 Å². The molecule has 1 amide bonds. The Labute approximate surface area is 228 Å². The second-order valence-electron chi connectivity index (χ2n) is 9.62. The van der Waals surface area contributed by atoms with Gasteiger partial charge in [-0.25, -0.2) is 13.4 Å². The molecular formula is C27H34N4O5S2. The third-order valence-electron chi connectivity index (χ3n) is 7.49. The van der Waals surface area contributed by atoms with Crippen LogP contribution in [-0.2, 0) is 10.0 Å². The van der Waals surface area contributed by atoms with E-state index in [2.05, 4.69) is 4.90 Å². The number of piperidine rings is 1. The summed E-state index contributed by atoms with van der Waals surface area (Å²) in [6.45, 7) is 4.99. The van der Waals surface area contributed by atoms with Gasteiger partial charge in [-0.15, -0.1) is 0 Å². The molecule has 2 fully saturated rings. The number of hydrogen-bond acceptors (Lipinski definition) is 8. The molecule has 204 valence electrons. The van der Waals surface area contributed by atoms with Crippen LogP contribution in [0.1, 0.15) is 43.0 Å². The molecule has 2 aliphatic heterocycles. The Kier molecular flexibility index (Phi) is 7.78. The number of methoxy groups -OCH3 is 2. The monoisotopic (exact) mass is 558 g/mol. The molecule has 0 radical (unpaired) electrons. The summed E-state index contributed by atoms with van der Waals surface area (Å²) in [5.74, 6) is 1.37. The van der Waals surface area contributed by atoms with Gasteiger partial charge in [-0.2, -0.15) is 4.31 Å². The summed E-state index contributed by atoms with van der Waals surface area (Å²) in [4.78, 5) is 22.2. The van der Waals surface area contributed by atoms with E-state index in [0.717, 1.165) is 46.8 Å². The van der Waals surface area contributed by atoms with Crippen LogP contribution in [0.15, 0.2) is 41.3 Å². The third-order valence-corrected chi connectivity index (χ3v) is 10.6. The lowest BCUT2D eigenvalue weighted by Gasteiger charge is -2.35. The summed E-state index contributed by atoms with van der Waals surface area (Å²) < 4.78 is 40.1. The van der Waals surface area contributed by atoms with E-state index >= 15 is 0 Å². The van der Waals surface area contributed by atoms with Crippen molar-refractivity contribution in [2.45, 2.75) is 43.5 Å². The number of anilines is 1. The van der Waals surface area contributed by atoms with Crippen molar-refractivity contribution in [2.75, 3.05) is 51.8 Å². The smallest absolute Gasteiger partial charge is 0.253 e. The minimum absolute atomic E-state index is 0.0453. The molecule has 0 saturated carbocycles. The number of sulfonamides is 1. The fourth-order valence-corrected chi connectivity index (χ4v) is 8.19. The minimum Gasteiger partial charge on any atom is -0.495 e. The van der Waals surface area contributed by atoms with E-state index in [0.29, 0.717) is 44.0 Å². The first kappa shape index (κ1) is 26.7. The maximum absolute atomic E-state index is 13.3. The van der Waals surface area contributed by atoms with E-state index in [1.807, 2.05) is 24.0 Å². The quantitative estimate of drug-likeness (QED) is 0.429. The lowest BCUT2D eigenvalue weighted by atomic mass is 10.0. The molecule has 9 nitrogen and oxygen atoms in total. The van der Waals surface area contributed by atoms with Gasteiger partial charge in [0.2, 0.25) is 10.0 Å². The second kappa shape index (κ2) is 11.1. The third kappa shape index (κ3) is 4.94. The summed E-state index contributed by atoms with van der Waals surface area (Å²) in [5.41, 5.74) is 1.27. The molecule has 2 aliphatic rings. The largest absolute Gasteiger partial charge is 0.495 e. The van der Waals surface area contributed by atoms with Gasteiger partial charge in [0.25, 0.3) is 5.91 Å². The molecule has 5 rings (SSSR count). The molecule has 0 N–H and O–H groups in total. The van der Waals surface area contributed by atoms with Crippen molar-refractivity contribution in [1.29, 1.82) is 0 Å². The zero-order valence-electron chi connectivity index (χ0n) is 22.1. The van der Waals surface area contributed by atoms with E-state index in [1.165, 1.54) is 0 Å². The van der Waals surface area contributed by atoms with Crippen LogP contribution in [0.2, 0.25) is 0 Å². The number of benzene rings is 2. The number of amides is 1. The Bertz CT molecular complexity index is 1360. The Morgan fingerprint density at radius 1 is 0.974 bits per heavy atom. The molecule has 0 aliphatic carbocycles. The zero-order chi connectivity index (χ0) is 26.9. The highest BCUT2D eigenvalue weighted by atomic mass is 32.2. The molecule has 1 unspecified atom stereocenters. The molecule has 38 heavy (non-hydrogen) atoms. The number of thiazole rings is 1. The Balaban J connectivity index is 1.26. The summed E-state index contributed by atoms with van der Waals surface area (Å²) in [6.07, 6.45) is 3.65. The Morgan fingerprint density at radius 3 is 2.32 bits per heavy atom. The average molecular weight is 559 g/mol. The van der Waals surface area contributed by atoms with Gasteiger partial charge in [-0.1, -0.05) is 24.7 Å². The van der Waals surface area contributed by atoms with E-state index in [-0.39, 0.29) is 16.8 Å². The standard InChI is InChI=1S/C27H34N4O5S2/c1-4-20-7-5-6-14-31(20)38(33,34)21-10-8-19(9-11-21)26(32)29-15-17-30(18-16-29)27-28-24-22(35-2)12-13-23(36-3)25(24)37-27/h8-13,20H,4-7,14-18H2,1-3H3. The van der Waals surface area contributed by atoms with Gasteiger partial charge in [0.05, 0.1) is 19.1 Å². The first-order valence-electron chi connectivity index (χ1n) is 13.0. The van der Waals surface area contributed by atoms with Crippen molar-refractivity contribution in [3.63, 3.8) is 0 Å². The topological polar surface area (TPSA) is 92.3 Å². The number of carbonyl (C=O) groups excluding carboxylic acids is 1. The molecule has 3 heterocycles. The van der Waals surface area contributed by atoms with Gasteiger partial charge in [-0.05, 0) is 55.7 Å². The summed E-state index contributed by atoms with van der Waals surface area (Å²) >= 11 is 1.55. The number of carbonyl (C=O) groups is 1. The molecule has 2 saturated heterocycles. The lowest BCUT2D eigenvalue weighted by molar-refractivity contribution is 0.0746. The lowest BCUT2D eigenvalue weighted by Crippen LogP contribution is -2.48. The van der Waals surface area contributed by atoms with Gasteiger partial charge in [0.15, 0.2) is 5.13 Å². The number of hydrogen-bond donors (Lipinski definition) is 0. The molecule has 1 atom stereocenters. The number of piperazine rings is 1. The van der Waals surface area contributed by atoms with Crippen LogP contribution in [0.25, 0.3) is 10.2 Å². The molecule has 1 aromatic heterocycles. The van der Waals surface area contributed by atoms with Crippen LogP contribution < -0.4 is 14.4 Å². The summed E-state index contributed by atoms with van der Waals surface area (Å²) in [6, 6.07) is 10.2.